The number of benzene rings is 2. The highest BCUT2D eigenvalue weighted by molar-refractivity contribution is 7.10. The van der Waals surface area contributed by atoms with Crippen molar-refractivity contribution in [2.24, 2.45) is 0 Å². The van der Waals surface area contributed by atoms with Crippen molar-refractivity contribution in [2.45, 2.75) is 20.4 Å². The minimum Gasteiger partial charge on any atom is -0.299 e. The van der Waals surface area contributed by atoms with Crippen LogP contribution in [0.5, 0.6) is 0 Å². The Morgan fingerprint density at radius 3 is 2.36 bits per heavy atom. The normalized spacial score (nSPS) is 10.8. The van der Waals surface area contributed by atoms with Gasteiger partial charge in [0.15, 0.2) is 0 Å². The van der Waals surface area contributed by atoms with E-state index in [-0.39, 0.29) is 0 Å². The summed E-state index contributed by atoms with van der Waals surface area (Å²) < 4.78 is 0. The maximum absolute atomic E-state index is 9.38. The zero-order chi connectivity index (χ0) is 17.6. The van der Waals surface area contributed by atoms with Gasteiger partial charge in [0.2, 0.25) is 0 Å². The summed E-state index contributed by atoms with van der Waals surface area (Å²) in [4.78, 5) is 3.83. The molecule has 0 aliphatic carbocycles. The summed E-state index contributed by atoms with van der Waals surface area (Å²) in [5.41, 5.74) is 5.32. The highest BCUT2D eigenvalue weighted by Gasteiger charge is 2.11. The van der Waals surface area contributed by atoms with E-state index in [1.54, 1.807) is 0 Å². The molecule has 3 rings (SSSR count). The van der Waals surface area contributed by atoms with Crippen LogP contribution in [0.15, 0.2) is 60.0 Å². The third-order valence-electron chi connectivity index (χ3n) is 4.54. The van der Waals surface area contributed by atoms with Crippen LogP contribution >= 0.6 is 11.3 Å². The molecule has 0 spiro atoms. The molecule has 0 amide bonds. The van der Waals surface area contributed by atoms with Crippen LogP contribution in [0.1, 0.15) is 24.3 Å². The fraction of sp³-hybridized carbons (Fsp3) is 0.227. The van der Waals surface area contributed by atoms with E-state index in [2.05, 4.69) is 60.5 Å². The van der Waals surface area contributed by atoms with E-state index >= 15 is 0 Å². The van der Waals surface area contributed by atoms with Gasteiger partial charge in [-0.2, -0.15) is 5.26 Å². The summed E-state index contributed by atoms with van der Waals surface area (Å²) in [6.07, 6.45) is 0. The molecule has 25 heavy (non-hydrogen) atoms. The Morgan fingerprint density at radius 1 is 0.920 bits per heavy atom. The molecule has 0 atom stereocenters. The van der Waals surface area contributed by atoms with Crippen LogP contribution in [0.2, 0.25) is 0 Å². The molecule has 0 N–H and O–H groups in total. The molecular formula is C22H22N2S. The van der Waals surface area contributed by atoms with Crippen molar-refractivity contribution in [1.29, 1.82) is 5.26 Å². The Bertz CT molecular complexity index is 885. The van der Waals surface area contributed by atoms with Gasteiger partial charge in [-0.3, -0.25) is 4.90 Å². The number of rotatable bonds is 6. The summed E-state index contributed by atoms with van der Waals surface area (Å²) in [5, 5.41) is 11.5. The van der Waals surface area contributed by atoms with Crippen LogP contribution in [0.3, 0.4) is 0 Å². The van der Waals surface area contributed by atoms with Crippen LogP contribution in [0.4, 0.5) is 0 Å². The molecule has 2 aromatic carbocycles. The van der Waals surface area contributed by atoms with Crippen LogP contribution in [-0.2, 0) is 6.54 Å². The van der Waals surface area contributed by atoms with E-state index in [9.17, 15) is 5.26 Å². The van der Waals surface area contributed by atoms with Crippen molar-refractivity contribution >= 4 is 11.3 Å². The molecule has 1 heterocycles. The van der Waals surface area contributed by atoms with Gasteiger partial charge in [-0.1, -0.05) is 50.2 Å². The predicted octanol–water partition coefficient (Wildman–Crippen LogP) is 5.80. The summed E-state index contributed by atoms with van der Waals surface area (Å²) in [5.74, 6) is 0. The second-order valence-corrected chi connectivity index (χ2v) is 6.96. The lowest BCUT2D eigenvalue weighted by molar-refractivity contribution is 0.299. The van der Waals surface area contributed by atoms with E-state index in [4.69, 9.17) is 0 Å². The first-order valence-corrected chi connectivity index (χ1v) is 9.53. The first-order valence-electron chi connectivity index (χ1n) is 8.65. The zero-order valence-electron chi connectivity index (χ0n) is 14.7. The standard InChI is InChI=1S/C22H22N2S/c1-3-24(4-2)16-22-21(12-13-25-22)18-10-7-9-17(14-18)20-11-6-5-8-19(20)15-23/h5-14H,3-4,16H2,1-2H3. The summed E-state index contributed by atoms with van der Waals surface area (Å²) >= 11 is 1.82. The molecular weight excluding hydrogens is 324 g/mol. The van der Waals surface area contributed by atoms with Crippen LogP contribution in [-0.4, -0.2) is 18.0 Å². The molecule has 0 aliphatic heterocycles. The average molecular weight is 346 g/mol. The first kappa shape index (κ1) is 17.4. The number of hydrogen-bond donors (Lipinski definition) is 0. The first-order chi connectivity index (χ1) is 12.3. The van der Waals surface area contributed by atoms with E-state index < -0.39 is 0 Å². The second-order valence-electron chi connectivity index (χ2n) is 5.96. The Hall–Kier alpha value is -2.41. The SMILES string of the molecule is CCN(CC)Cc1sccc1-c1cccc(-c2ccccc2C#N)c1. The van der Waals surface area contributed by atoms with E-state index in [1.807, 2.05) is 35.6 Å². The lowest BCUT2D eigenvalue weighted by Gasteiger charge is -2.18. The highest BCUT2D eigenvalue weighted by Crippen LogP contribution is 2.33. The van der Waals surface area contributed by atoms with Crippen LogP contribution < -0.4 is 0 Å². The number of hydrogen-bond acceptors (Lipinski definition) is 3. The quantitative estimate of drug-likeness (QED) is 0.564. The summed E-state index contributed by atoms with van der Waals surface area (Å²) in [7, 11) is 0. The van der Waals surface area contributed by atoms with Gasteiger partial charge >= 0.3 is 0 Å². The fourth-order valence-corrected chi connectivity index (χ4v) is 4.00. The number of nitrogens with zero attached hydrogens (tertiary/aromatic N) is 2. The minimum atomic E-state index is 0.716. The number of nitriles is 1. The monoisotopic (exact) mass is 346 g/mol. The molecule has 0 aliphatic rings. The number of thiophene rings is 1. The lowest BCUT2D eigenvalue weighted by Crippen LogP contribution is -2.21. The van der Waals surface area contributed by atoms with Gasteiger partial charge in [-0.05, 0) is 58.9 Å². The van der Waals surface area contributed by atoms with Crippen molar-refractivity contribution in [2.75, 3.05) is 13.1 Å². The molecule has 0 unspecified atom stereocenters. The van der Waals surface area contributed by atoms with Gasteiger partial charge in [0.25, 0.3) is 0 Å². The van der Waals surface area contributed by atoms with Gasteiger partial charge in [-0.25, -0.2) is 0 Å². The summed E-state index contributed by atoms with van der Waals surface area (Å²) in [6, 6.07) is 20.8. The Labute approximate surface area is 154 Å². The molecule has 1 aromatic heterocycles. The molecule has 2 nitrogen and oxygen atoms in total. The minimum absolute atomic E-state index is 0.716. The van der Waals surface area contributed by atoms with Gasteiger partial charge < -0.3 is 0 Å². The topological polar surface area (TPSA) is 27.0 Å². The van der Waals surface area contributed by atoms with E-state index in [0.29, 0.717) is 5.56 Å². The molecule has 3 heteroatoms. The summed E-state index contributed by atoms with van der Waals surface area (Å²) in [6.45, 7) is 7.51. The van der Waals surface area contributed by atoms with Gasteiger partial charge in [0, 0.05) is 11.4 Å². The molecule has 3 aromatic rings. The van der Waals surface area contributed by atoms with Crippen LogP contribution in [0, 0.1) is 11.3 Å². The zero-order valence-corrected chi connectivity index (χ0v) is 15.5. The maximum Gasteiger partial charge on any atom is 0.0998 e. The smallest absolute Gasteiger partial charge is 0.0998 e. The maximum atomic E-state index is 9.38. The predicted molar refractivity (Wildman–Crippen MR) is 107 cm³/mol. The highest BCUT2D eigenvalue weighted by atomic mass is 32.1. The Morgan fingerprint density at radius 2 is 1.64 bits per heavy atom. The second kappa shape index (κ2) is 8.11. The van der Waals surface area contributed by atoms with Gasteiger partial charge in [-0.15, -0.1) is 11.3 Å². The van der Waals surface area contributed by atoms with Crippen molar-refractivity contribution in [1.82, 2.24) is 4.90 Å². The largest absolute Gasteiger partial charge is 0.299 e. The van der Waals surface area contributed by atoms with Crippen molar-refractivity contribution < 1.29 is 0 Å². The Kier molecular flexibility index (Phi) is 5.65. The average Bonchev–Trinajstić information content (AvgIpc) is 3.14. The van der Waals surface area contributed by atoms with Gasteiger partial charge in [0.05, 0.1) is 11.6 Å². The third-order valence-corrected chi connectivity index (χ3v) is 5.44. The molecule has 126 valence electrons. The van der Waals surface area contributed by atoms with Gasteiger partial charge in [0.1, 0.15) is 0 Å². The molecule has 0 bridgehead atoms. The van der Waals surface area contributed by atoms with E-state index in [1.165, 1.54) is 16.0 Å². The molecule has 0 saturated carbocycles. The lowest BCUT2D eigenvalue weighted by atomic mass is 9.96. The van der Waals surface area contributed by atoms with Crippen molar-refractivity contribution in [3.63, 3.8) is 0 Å². The third kappa shape index (κ3) is 3.82. The van der Waals surface area contributed by atoms with Crippen LogP contribution in [0.25, 0.3) is 22.3 Å². The molecule has 0 radical (unpaired) electrons. The van der Waals surface area contributed by atoms with Crippen molar-refractivity contribution in [3.05, 3.63) is 70.4 Å². The molecule has 0 fully saturated rings. The molecule has 0 saturated heterocycles. The van der Waals surface area contributed by atoms with Crippen molar-refractivity contribution in [3.8, 4) is 28.3 Å². The van der Waals surface area contributed by atoms with E-state index in [0.717, 1.165) is 30.8 Å². The fourth-order valence-electron chi connectivity index (χ4n) is 3.06. The Balaban J connectivity index is 1.99.